The van der Waals surface area contributed by atoms with Crippen LogP contribution in [0.4, 0.5) is 5.69 Å². The molecule has 0 bridgehead atoms. The van der Waals surface area contributed by atoms with E-state index in [-0.39, 0.29) is 0 Å². The van der Waals surface area contributed by atoms with Crippen LogP contribution in [0.15, 0.2) is 18.2 Å². The first-order valence-corrected chi connectivity index (χ1v) is 7.31. The van der Waals surface area contributed by atoms with Crippen molar-refractivity contribution in [2.75, 3.05) is 11.1 Å². The molecule has 0 amide bonds. The zero-order valence-electron chi connectivity index (χ0n) is 9.17. The number of nitrogens with one attached hydrogen (secondary N) is 1. The SMILES string of the molecule is CC1SCCCC1Nc1c(Cl)cccc1Cl. The molecule has 1 nitrogen and oxygen atoms in total. The number of rotatable bonds is 2. The fraction of sp³-hybridized carbons (Fsp3) is 0.500. The molecule has 0 saturated carbocycles. The van der Waals surface area contributed by atoms with E-state index >= 15 is 0 Å². The van der Waals surface area contributed by atoms with E-state index in [2.05, 4.69) is 12.2 Å². The Bertz CT molecular complexity index is 350. The number of para-hydroxylation sites is 1. The molecule has 0 aromatic heterocycles. The summed E-state index contributed by atoms with van der Waals surface area (Å²) in [7, 11) is 0. The molecule has 1 aromatic carbocycles. The summed E-state index contributed by atoms with van der Waals surface area (Å²) < 4.78 is 0. The van der Waals surface area contributed by atoms with Crippen LogP contribution in [0.3, 0.4) is 0 Å². The molecule has 1 heterocycles. The lowest BCUT2D eigenvalue weighted by Gasteiger charge is -2.30. The van der Waals surface area contributed by atoms with Gasteiger partial charge in [0.05, 0.1) is 15.7 Å². The number of halogens is 2. The fourth-order valence-electron chi connectivity index (χ4n) is 1.93. The van der Waals surface area contributed by atoms with Crippen LogP contribution in [-0.4, -0.2) is 17.0 Å². The summed E-state index contributed by atoms with van der Waals surface area (Å²) in [4.78, 5) is 0. The van der Waals surface area contributed by atoms with Gasteiger partial charge in [-0.05, 0) is 30.7 Å². The standard InChI is InChI=1S/C12H15Cl2NS/c1-8-11(6-3-7-16-8)15-12-9(13)4-2-5-10(12)14/h2,4-5,8,11,15H,3,6-7H2,1H3. The molecule has 1 aliphatic heterocycles. The van der Waals surface area contributed by atoms with Gasteiger partial charge in [-0.25, -0.2) is 0 Å². The first kappa shape index (κ1) is 12.4. The lowest BCUT2D eigenvalue weighted by Crippen LogP contribution is -2.32. The Balaban J connectivity index is 2.13. The number of benzene rings is 1. The molecular weight excluding hydrogens is 261 g/mol. The van der Waals surface area contributed by atoms with E-state index in [1.807, 2.05) is 30.0 Å². The molecule has 0 aliphatic carbocycles. The summed E-state index contributed by atoms with van der Waals surface area (Å²) in [6.07, 6.45) is 2.45. The van der Waals surface area contributed by atoms with Crippen molar-refractivity contribution >= 4 is 40.7 Å². The minimum absolute atomic E-state index is 0.469. The third-order valence-electron chi connectivity index (χ3n) is 2.90. The molecule has 1 aliphatic rings. The van der Waals surface area contributed by atoms with Gasteiger partial charge in [0, 0.05) is 11.3 Å². The van der Waals surface area contributed by atoms with E-state index in [0.29, 0.717) is 21.3 Å². The van der Waals surface area contributed by atoms with Crippen LogP contribution in [0.5, 0.6) is 0 Å². The molecule has 2 unspecified atom stereocenters. The second-order valence-electron chi connectivity index (χ2n) is 4.07. The van der Waals surface area contributed by atoms with Crippen molar-refractivity contribution in [3.05, 3.63) is 28.2 Å². The van der Waals surface area contributed by atoms with Gasteiger partial charge in [0.25, 0.3) is 0 Å². The maximum atomic E-state index is 6.14. The average Bonchev–Trinajstić information content (AvgIpc) is 2.26. The van der Waals surface area contributed by atoms with Crippen molar-refractivity contribution in [2.24, 2.45) is 0 Å². The molecule has 1 N–H and O–H groups in total. The van der Waals surface area contributed by atoms with Crippen molar-refractivity contribution in [1.82, 2.24) is 0 Å². The Kier molecular flexibility index (Phi) is 4.28. The first-order chi connectivity index (χ1) is 7.68. The van der Waals surface area contributed by atoms with Crippen LogP contribution >= 0.6 is 35.0 Å². The van der Waals surface area contributed by atoms with Gasteiger partial charge >= 0.3 is 0 Å². The second-order valence-corrected chi connectivity index (χ2v) is 6.37. The second kappa shape index (κ2) is 5.52. The van der Waals surface area contributed by atoms with Gasteiger partial charge in [-0.15, -0.1) is 0 Å². The van der Waals surface area contributed by atoms with Gasteiger partial charge in [0.2, 0.25) is 0 Å². The Morgan fingerprint density at radius 1 is 1.31 bits per heavy atom. The van der Waals surface area contributed by atoms with Crippen LogP contribution in [0.2, 0.25) is 10.0 Å². The molecule has 2 rings (SSSR count). The molecule has 2 atom stereocenters. The maximum absolute atomic E-state index is 6.14. The number of anilines is 1. The molecule has 1 fully saturated rings. The van der Waals surface area contributed by atoms with Gasteiger partial charge in [-0.2, -0.15) is 11.8 Å². The summed E-state index contributed by atoms with van der Waals surface area (Å²) in [6.45, 7) is 2.26. The molecular formula is C12H15Cl2NS. The highest BCUT2D eigenvalue weighted by Gasteiger charge is 2.22. The average molecular weight is 276 g/mol. The first-order valence-electron chi connectivity index (χ1n) is 5.50. The van der Waals surface area contributed by atoms with Crippen molar-refractivity contribution in [1.29, 1.82) is 0 Å². The molecule has 1 saturated heterocycles. The number of hydrogen-bond acceptors (Lipinski definition) is 2. The molecule has 1 aromatic rings. The lowest BCUT2D eigenvalue weighted by atomic mass is 10.1. The topological polar surface area (TPSA) is 12.0 Å². The molecule has 4 heteroatoms. The van der Waals surface area contributed by atoms with E-state index in [0.717, 1.165) is 5.69 Å². The van der Waals surface area contributed by atoms with Crippen LogP contribution in [-0.2, 0) is 0 Å². The smallest absolute Gasteiger partial charge is 0.0721 e. The number of hydrogen-bond donors (Lipinski definition) is 1. The third kappa shape index (κ3) is 2.79. The highest BCUT2D eigenvalue weighted by molar-refractivity contribution is 8.00. The zero-order chi connectivity index (χ0) is 11.5. The molecule has 88 valence electrons. The highest BCUT2D eigenvalue weighted by atomic mass is 35.5. The minimum Gasteiger partial charge on any atom is -0.379 e. The normalized spacial score (nSPS) is 25.4. The van der Waals surface area contributed by atoms with E-state index in [1.165, 1.54) is 18.6 Å². The van der Waals surface area contributed by atoms with E-state index < -0.39 is 0 Å². The maximum Gasteiger partial charge on any atom is 0.0721 e. The third-order valence-corrected chi connectivity index (χ3v) is 4.91. The van der Waals surface area contributed by atoms with Gasteiger partial charge in [0.15, 0.2) is 0 Å². The minimum atomic E-state index is 0.469. The zero-order valence-corrected chi connectivity index (χ0v) is 11.5. The van der Waals surface area contributed by atoms with Crippen LogP contribution in [0.1, 0.15) is 19.8 Å². The molecule has 0 spiro atoms. The van der Waals surface area contributed by atoms with Gasteiger partial charge in [0.1, 0.15) is 0 Å². The Labute approximate surface area is 111 Å². The number of thioether (sulfide) groups is 1. The van der Waals surface area contributed by atoms with E-state index in [1.54, 1.807) is 0 Å². The Morgan fingerprint density at radius 3 is 2.62 bits per heavy atom. The summed E-state index contributed by atoms with van der Waals surface area (Å²) in [6, 6.07) is 6.08. The summed E-state index contributed by atoms with van der Waals surface area (Å²) in [5, 5.41) is 5.50. The fourth-order valence-corrected chi connectivity index (χ4v) is 3.58. The predicted molar refractivity (Wildman–Crippen MR) is 75.0 cm³/mol. The van der Waals surface area contributed by atoms with Crippen LogP contribution < -0.4 is 5.32 Å². The van der Waals surface area contributed by atoms with Crippen LogP contribution in [0.25, 0.3) is 0 Å². The van der Waals surface area contributed by atoms with E-state index in [4.69, 9.17) is 23.2 Å². The largest absolute Gasteiger partial charge is 0.379 e. The van der Waals surface area contributed by atoms with E-state index in [9.17, 15) is 0 Å². The highest BCUT2D eigenvalue weighted by Crippen LogP contribution is 2.34. The van der Waals surface area contributed by atoms with Gasteiger partial charge < -0.3 is 5.32 Å². The molecule has 16 heavy (non-hydrogen) atoms. The summed E-state index contributed by atoms with van der Waals surface area (Å²) in [5.74, 6) is 1.26. The predicted octanol–water partition coefficient (Wildman–Crippen LogP) is 4.69. The summed E-state index contributed by atoms with van der Waals surface area (Å²) >= 11 is 14.3. The van der Waals surface area contributed by atoms with Crippen molar-refractivity contribution in [3.63, 3.8) is 0 Å². The Morgan fingerprint density at radius 2 is 2.00 bits per heavy atom. The van der Waals surface area contributed by atoms with Crippen molar-refractivity contribution in [2.45, 2.75) is 31.1 Å². The van der Waals surface area contributed by atoms with Gasteiger partial charge in [-0.1, -0.05) is 36.2 Å². The monoisotopic (exact) mass is 275 g/mol. The Hall–Kier alpha value is -0.0500. The van der Waals surface area contributed by atoms with Crippen molar-refractivity contribution in [3.8, 4) is 0 Å². The van der Waals surface area contributed by atoms with Crippen LogP contribution in [0, 0.1) is 0 Å². The summed E-state index contributed by atoms with van der Waals surface area (Å²) in [5.41, 5.74) is 0.880. The lowest BCUT2D eigenvalue weighted by molar-refractivity contribution is 0.617. The quantitative estimate of drug-likeness (QED) is 0.841. The molecule has 0 radical (unpaired) electrons. The van der Waals surface area contributed by atoms with Crippen molar-refractivity contribution < 1.29 is 0 Å². The van der Waals surface area contributed by atoms with Gasteiger partial charge in [-0.3, -0.25) is 0 Å².